The van der Waals surface area contributed by atoms with Gasteiger partial charge >= 0.3 is 0 Å². The van der Waals surface area contributed by atoms with E-state index in [4.69, 9.17) is 0 Å². The third kappa shape index (κ3) is 3.19. The van der Waals surface area contributed by atoms with Gasteiger partial charge in [0.1, 0.15) is 18.0 Å². The quantitative estimate of drug-likeness (QED) is 0.855. The molecule has 1 aromatic rings. The first-order valence-electron chi connectivity index (χ1n) is 7.71. The van der Waals surface area contributed by atoms with Crippen molar-refractivity contribution in [2.75, 3.05) is 42.2 Å². The van der Waals surface area contributed by atoms with Crippen LogP contribution in [0.4, 0.5) is 11.6 Å². The molecule has 2 aliphatic rings. The van der Waals surface area contributed by atoms with Gasteiger partial charge < -0.3 is 9.80 Å². The third-order valence-corrected chi connectivity index (χ3v) is 5.41. The van der Waals surface area contributed by atoms with Crippen molar-refractivity contribution in [3.8, 4) is 0 Å². The summed E-state index contributed by atoms with van der Waals surface area (Å²) in [6.07, 6.45) is 10.5. The minimum absolute atomic E-state index is 0.739. The van der Waals surface area contributed by atoms with Gasteiger partial charge in [-0.15, -0.1) is 0 Å². The molecule has 0 radical (unpaired) electrons. The van der Waals surface area contributed by atoms with Gasteiger partial charge in [-0.25, -0.2) is 9.97 Å². The van der Waals surface area contributed by atoms with Crippen LogP contribution in [0.2, 0.25) is 0 Å². The van der Waals surface area contributed by atoms with E-state index in [-0.39, 0.29) is 0 Å². The number of thioether (sulfide) groups is 1. The van der Waals surface area contributed by atoms with Crippen molar-refractivity contribution in [3.63, 3.8) is 0 Å². The minimum atomic E-state index is 0.739. The Morgan fingerprint density at radius 3 is 2.40 bits per heavy atom. The Morgan fingerprint density at radius 2 is 1.65 bits per heavy atom. The van der Waals surface area contributed by atoms with Gasteiger partial charge in [0.2, 0.25) is 0 Å². The molecule has 2 aliphatic heterocycles. The van der Waals surface area contributed by atoms with Gasteiger partial charge in [-0.2, -0.15) is 11.8 Å². The molecule has 0 aliphatic carbocycles. The Labute approximate surface area is 126 Å². The monoisotopic (exact) mass is 292 g/mol. The molecular weight excluding hydrogens is 268 g/mol. The number of nitrogens with zero attached hydrogens (tertiary/aromatic N) is 4. The molecule has 0 aromatic carbocycles. The van der Waals surface area contributed by atoms with E-state index in [0.717, 1.165) is 43.1 Å². The molecule has 20 heavy (non-hydrogen) atoms. The molecule has 0 unspecified atom stereocenters. The van der Waals surface area contributed by atoms with Crippen molar-refractivity contribution in [3.05, 3.63) is 12.4 Å². The van der Waals surface area contributed by atoms with Crippen LogP contribution >= 0.6 is 11.8 Å². The lowest BCUT2D eigenvalue weighted by atomic mass is 10.2. The maximum absolute atomic E-state index is 4.52. The maximum atomic E-state index is 4.52. The fourth-order valence-corrected chi connectivity index (χ4v) is 3.86. The fourth-order valence-electron chi connectivity index (χ4n) is 3.13. The van der Waals surface area contributed by atoms with Crippen molar-refractivity contribution in [1.82, 2.24) is 9.97 Å². The molecule has 3 rings (SSSR count). The largest absolute Gasteiger partial charge is 0.356 e. The highest BCUT2D eigenvalue weighted by molar-refractivity contribution is 7.99. The fraction of sp³-hybridized carbons (Fsp3) is 0.733. The second-order valence-corrected chi connectivity index (χ2v) is 6.87. The number of hydrogen-bond donors (Lipinski definition) is 0. The molecule has 5 heteroatoms. The molecule has 110 valence electrons. The van der Waals surface area contributed by atoms with Gasteiger partial charge in [0.05, 0.1) is 0 Å². The normalized spacial score (nSPS) is 23.9. The van der Waals surface area contributed by atoms with Gasteiger partial charge in [0.15, 0.2) is 0 Å². The highest BCUT2D eigenvalue weighted by Crippen LogP contribution is 2.26. The van der Waals surface area contributed by atoms with E-state index in [9.17, 15) is 0 Å². The highest BCUT2D eigenvalue weighted by Gasteiger charge is 2.20. The van der Waals surface area contributed by atoms with Crippen molar-refractivity contribution in [2.24, 2.45) is 0 Å². The molecule has 2 saturated heterocycles. The Kier molecular flexibility index (Phi) is 4.65. The van der Waals surface area contributed by atoms with Crippen LogP contribution in [0.25, 0.3) is 0 Å². The lowest BCUT2D eigenvalue weighted by molar-refractivity contribution is 0.736. The summed E-state index contributed by atoms with van der Waals surface area (Å²) in [4.78, 5) is 13.8. The number of hydrogen-bond acceptors (Lipinski definition) is 5. The second kappa shape index (κ2) is 6.66. The number of anilines is 2. The first kappa shape index (κ1) is 14.0. The molecule has 0 N–H and O–H groups in total. The van der Waals surface area contributed by atoms with Crippen LogP contribution in [-0.2, 0) is 0 Å². The van der Waals surface area contributed by atoms with E-state index in [1.807, 2.05) is 11.8 Å². The van der Waals surface area contributed by atoms with Crippen LogP contribution in [0.3, 0.4) is 0 Å². The van der Waals surface area contributed by atoms with Crippen LogP contribution in [-0.4, -0.2) is 47.7 Å². The van der Waals surface area contributed by atoms with E-state index in [1.54, 1.807) is 6.33 Å². The van der Waals surface area contributed by atoms with E-state index >= 15 is 0 Å². The molecule has 3 heterocycles. The third-order valence-electron chi connectivity index (χ3n) is 4.35. The molecule has 4 nitrogen and oxygen atoms in total. The summed E-state index contributed by atoms with van der Waals surface area (Å²) in [6, 6.07) is 2.19. The summed E-state index contributed by atoms with van der Waals surface area (Å²) in [6.45, 7) is 4.54. The van der Waals surface area contributed by atoms with Crippen molar-refractivity contribution >= 4 is 23.4 Å². The van der Waals surface area contributed by atoms with Crippen molar-refractivity contribution in [2.45, 2.75) is 37.4 Å². The first-order valence-corrected chi connectivity index (χ1v) is 9.00. The number of rotatable bonds is 3. The van der Waals surface area contributed by atoms with Gasteiger partial charge in [-0.1, -0.05) is 6.42 Å². The Hall–Kier alpha value is -0.970. The molecule has 0 amide bonds. The molecule has 2 fully saturated rings. The summed E-state index contributed by atoms with van der Waals surface area (Å²) < 4.78 is 0. The Bertz CT molecular complexity index is 434. The van der Waals surface area contributed by atoms with Crippen LogP contribution < -0.4 is 9.80 Å². The summed E-state index contributed by atoms with van der Waals surface area (Å²) >= 11 is 1.99. The average Bonchev–Trinajstić information content (AvgIpc) is 2.92. The topological polar surface area (TPSA) is 32.3 Å². The zero-order valence-corrected chi connectivity index (χ0v) is 13.1. The van der Waals surface area contributed by atoms with Crippen LogP contribution in [0.1, 0.15) is 32.1 Å². The highest BCUT2D eigenvalue weighted by atomic mass is 32.2. The van der Waals surface area contributed by atoms with E-state index in [1.165, 1.54) is 32.1 Å². The van der Waals surface area contributed by atoms with Gasteiger partial charge in [0, 0.05) is 37.5 Å². The van der Waals surface area contributed by atoms with Gasteiger partial charge in [-0.3, -0.25) is 0 Å². The molecule has 1 aromatic heterocycles. The summed E-state index contributed by atoms with van der Waals surface area (Å²) in [5.41, 5.74) is 0. The number of aromatic nitrogens is 2. The van der Waals surface area contributed by atoms with Crippen LogP contribution in [0.15, 0.2) is 12.4 Å². The van der Waals surface area contributed by atoms with E-state index in [2.05, 4.69) is 32.1 Å². The zero-order chi connectivity index (χ0) is 13.8. The smallest absolute Gasteiger partial charge is 0.134 e. The summed E-state index contributed by atoms with van der Waals surface area (Å²) in [5.74, 6) is 2.22. The molecular formula is C15H24N4S. The predicted molar refractivity (Wildman–Crippen MR) is 86.8 cm³/mol. The van der Waals surface area contributed by atoms with E-state index in [0.29, 0.717) is 0 Å². The predicted octanol–water partition coefficient (Wildman–Crippen LogP) is 2.80. The standard InChI is InChI=1S/C15H24N4S/c1-20-13-6-2-3-9-19(11-13)15-10-14(16-12-17-15)18-7-4-5-8-18/h10,12-13H,2-9,11H2,1H3/t13-/m1/s1. The first-order chi connectivity index (χ1) is 9.86. The lowest BCUT2D eigenvalue weighted by Crippen LogP contribution is -2.30. The van der Waals surface area contributed by atoms with Crippen LogP contribution in [0.5, 0.6) is 0 Å². The van der Waals surface area contributed by atoms with Gasteiger partial charge in [0.25, 0.3) is 0 Å². The van der Waals surface area contributed by atoms with Gasteiger partial charge in [-0.05, 0) is 31.9 Å². The molecule has 0 bridgehead atoms. The minimum Gasteiger partial charge on any atom is -0.356 e. The molecule has 1 atom stereocenters. The summed E-state index contributed by atoms with van der Waals surface area (Å²) in [7, 11) is 0. The summed E-state index contributed by atoms with van der Waals surface area (Å²) in [5, 5.41) is 0.739. The van der Waals surface area contributed by atoms with Crippen molar-refractivity contribution < 1.29 is 0 Å². The SMILES string of the molecule is CS[C@@H]1CCCCN(c2cc(N3CCCC3)ncn2)C1. The maximum Gasteiger partial charge on any atom is 0.134 e. The zero-order valence-electron chi connectivity index (χ0n) is 12.3. The molecule has 0 spiro atoms. The second-order valence-electron chi connectivity index (χ2n) is 5.73. The van der Waals surface area contributed by atoms with Crippen molar-refractivity contribution in [1.29, 1.82) is 0 Å². The average molecular weight is 292 g/mol. The lowest BCUT2D eigenvalue weighted by Gasteiger charge is -2.25. The van der Waals surface area contributed by atoms with Crippen LogP contribution in [0, 0.1) is 0 Å². The Balaban J connectivity index is 1.76. The van der Waals surface area contributed by atoms with E-state index < -0.39 is 0 Å². The molecule has 0 saturated carbocycles. The Morgan fingerprint density at radius 1 is 1.00 bits per heavy atom.